The van der Waals surface area contributed by atoms with Crippen LogP contribution < -0.4 is 0 Å². The maximum Gasteiger partial charge on any atom is 0.102 e. The lowest BCUT2D eigenvalue weighted by atomic mass is 10.1. The lowest BCUT2D eigenvalue weighted by Gasteiger charge is -2.07. The van der Waals surface area contributed by atoms with Gasteiger partial charge in [-0.3, -0.25) is 14.6 Å². The fourth-order valence-electron chi connectivity index (χ4n) is 1.59. The van der Waals surface area contributed by atoms with E-state index in [2.05, 4.69) is 15.1 Å². The topological polar surface area (TPSA) is 63.8 Å². The SMILES string of the molecule is CCn1cc(CC(O)c2cnc(C)cn2)cn1. The van der Waals surface area contributed by atoms with Gasteiger partial charge in [0.25, 0.3) is 0 Å². The van der Waals surface area contributed by atoms with Crippen LogP contribution in [0.3, 0.4) is 0 Å². The van der Waals surface area contributed by atoms with Crippen LogP contribution in [0.2, 0.25) is 0 Å². The van der Waals surface area contributed by atoms with E-state index in [9.17, 15) is 5.11 Å². The highest BCUT2D eigenvalue weighted by molar-refractivity contribution is 5.11. The Hall–Kier alpha value is -1.75. The molecule has 1 atom stereocenters. The summed E-state index contributed by atoms with van der Waals surface area (Å²) in [6.07, 6.45) is 6.87. The molecule has 1 N–H and O–H groups in total. The lowest BCUT2D eigenvalue weighted by Crippen LogP contribution is -2.04. The first-order valence-corrected chi connectivity index (χ1v) is 5.67. The number of aliphatic hydroxyl groups is 1. The van der Waals surface area contributed by atoms with Crippen LogP contribution in [-0.4, -0.2) is 24.9 Å². The third-order valence-electron chi connectivity index (χ3n) is 2.58. The second-order valence-electron chi connectivity index (χ2n) is 4.01. The summed E-state index contributed by atoms with van der Waals surface area (Å²) in [5.74, 6) is 0. The lowest BCUT2D eigenvalue weighted by molar-refractivity contribution is 0.173. The Bertz CT molecular complexity index is 478. The number of hydrogen-bond donors (Lipinski definition) is 1. The van der Waals surface area contributed by atoms with Crippen molar-refractivity contribution >= 4 is 0 Å². The van der Waals surface area contributed by atoms with Crippen LogP contribution in [0.5, 0.6) is 0 Å². The number of hydrogen-bond acceptors (Lipinski definition) is 4. The highest BCUT2D eigenvalue weighted by Gasteiger charge is 2.11. The van der Waals surface area contributed by atoms with Crippen LogP contribution in [0.1, 0.15) is 30.0 Å². The maximum absolute atomic E-state index is 10.0. The molecule has 1 unspecified atom stereocenters. The predicted octanol–water partition coefficient (Wildman–Crippen LogP) is 1.28. The smallest absolute Gasteiger partial charge is 0.102 e. The molecule has 0 aliphatic rings. The van der Waals surface area contributed by atoms with Gasteiger partial charge in [-0.15, -0.1) is 0 Å². The van der Waals surface area contributed by atoms with Crippen molar-refractivity contribution in [2.24, 2.45) is 0 Å². The molecule has 0 aromatic carbocycles. The normalized spacial score (nSPS) is 12.6. The van der Waals surface area contributed by atoms with E-state index in [1.807, 2.05) is 24.7 Å². The summed E-state index contributed by atoms with van der Waals surface area (Å²) in [5.41, 5.74) is 2.45. The quantitative estimate of drug-likeness (QED) is 0.862. The summed E-state index contributed by atoms with van der Waals surface area (Å²) in [5, 5.41) is 14.2. The summed E-state index contributed by atoms with van der Waals surface area (Å²) in [4.78, 5) is 8.28. The van der Waals surface area contributed by atoms with Crippen LogP contribution in [0, 0.1) is 6.92 Å². The van der Waals surface area contributed by atoms with E-state index >= 15 is 0 Å². The van der Waals surface area contributed by atoms with Crippen LogP contribution in [0.4, 0.5) is 0 Å². The zero-order valence-electron chi connectivity index (χ0n) is 10.0. The van der Waals surface area contributed by atoms with Crippen molar-refractivity contribution in [1.29, 1.82) is 0 Å². The van der Waals surface area contributed by atoms with Gasteiger partial charge in [0.05, 0.1) is 23.8 Å². The Balaban J connectivity index is 2.05. The Morgan fingerprint density at radius 3 is 2.71 bits per heavy atom. The zero-order chi connectivity index (χ0) is 12.3. The monoisotopic (exact) mass is 232 g/mol. The Morgan fingerprint density at radius 2 is 2.12 bits per heavy atom. The molecule has 0 saturated heterocycles. The van der Waals surface area contributed by atoms with Crippen molar-refractivity contribution < 1.29 is 5.11 Å². The number of aliphatic hydroxyl groups excluding tert-OH is 1. The molecule has 5 heteroatoms. The molecule has 17 heavy (non-hydrogen) atoms. The molecule has 90 valence electrons. The van der Waals surface area contributed by atoms with E-state index < -0.39 is 6.10 Å². The molecule has 0 spiro atoms. The summed E-state index contributed by atoms with van der Waals surface area (Å²) in [6, 6.07) is 0. The summed E-state index contributed by atoms with van der Waals surface area (Å²) >= 11 is 0. The van der Waals surface area contributed by atoms with E-state index in [1.165, 1.54) is 0 Å². The molecule has 0 saturated carbocycles. The highest BCUT2D eigenvalue weighted by atomic mass is 16.3. The second-order valence-corrected chi connectivity index (χ2v) is 4.01. The maximum atomic E-state index is 10.0. The average Bonchev–Trinajstić information content (AvgIpc) is 2.77. The largest absolute Gasteiger partial charge is 0.386 e. The van der Waals surface area contributed by atoms with Crippen molar-refractivity contribution in [3.8, 4) is 0 Å². The van der Waals surface area contributed by atoms with E-state index in [0.717, 1.165) is 17.8 Å². The van der Waals surface area contributed by atoms with Gasteiger partial charge in [-0.1, -0.05) is 0 Å². The summed E-state index contributed by atoms with van der Waals surface area (Å²) in [7, 11) is 0. The summed E-state index contributed by atoms with van der Waals surface area (Å²) < 4.78 is 1.84. The molecular formula is C12H16N4O. The van der Waals surface area contributed by atoms with Gasteiger partial charge in [-0.25, -0.2) is 0 Å². The van der Waals surface area contributed by atoms with Gasteiger partial charge >= 0.3 is 0 Å². The molecule has 5 nitrogen and oxygen atoms in total. The molecule has 2 aromatic rings. The molecular weight excluding hydrogens is 216 g/mol. The Labute approximate surface area is 100 Å². The fourth-order valence-corrected chi connectivity index (χ4v) is 1.59. The van der Waals surface area contributed by atoms with Crippen LogP contribution >= 0.6 is 0 Å². The van der Waals surface area contributed by atoms with Gasteiger partial charge in [-0.05, 0) is 19.4 Å². The second kappa shape index (κ2) is 5.05. The molecule has 2 rings (SSSR count). The molecule has 2 aromatic heterocycles. The first kappa shape index (κ1) is 11.7. The van der Waals surface area contributed by atoms with Crippen molar-refractivity contribution in [3.63, 3.8) is 0 Å². The van der Waals surface area contributed by atoms with Crippen LogP contribution in [-0.2, 0) is 13.0 Å². The molecule has 0 amide bonds. The number of nitrogens with zero attached hydrogens (tertiary/aromatic N) is 4. The van der Waals surface area contributed by atoms with Gasteiger partial charge in [-0.2, -0.15) is 5.10 Å². The Kier molecular flexibility index (Phi) is 3.49. The minimum Gasteiger partial charge on any atom is -0.386 e. The molecule has 0 fully saturated rings. The van der Waals surface area contributed by atoms with Crippen molar-refractivity contribution in [2.75, 3.05) is 0 Å². The van der Waals surface area contributed by atoms with Crippen LogP contribution in [0.15, 0.2) is 24.8 Å². The fraction of sp³-hybridized carbons (Fsp3) is 0.417. The van der Waals surface area contributed by atoms with E-state index in [1.54, 1.807) is 18.6 Å². The molecule has 0 bridgehead atoms. The summed E-state index contributed by atoms with van der Waals surface area (Å²) in [6.45, 7) is 4.73. The van der Waals surface area contributed by atoms with Gasteiger partial charge in [0.1, 0.15) is 6.10 Å². The van der Waals surface area contributed by atoms with E-state index in [4.69, 9.17) is 0 Å². The average molecular weight is 232 g/mol. The first-order valence-electron chi connectivity index (χ1n) is 5.67. The van der Waals surface area contributed by atoms with Gasteiger partial charge in [0, 0.05) is 25.4 Å². The first-order chi connectivity index (χ1) is 8.19. The predicted molar refractivity (Wildman–Crippen MR) is 63.3 cm³/mol. The van der Waals surface area contributed by atoms with E-state index in [-0.39, 0.29) is 0 Å². The molecule has 2 heterocycles. The molecule has 0 aliphatic heterocycles. The van der Waals surface area contributed by atoms with Gasteiger partial charge < -0.3 is 5.11 Å². The minimum absolute atomic E-state index is 0.512. The number of aromatic nitrogens is 4. The van der Waals surface area contributed by atoms with Crippen LogP contribution in [0.25, 0.3) is 0 Å². The number of aryl methyl sites for hydroxylation is 2. The third kappa shape index (κ3) is 2.88. The third-order valence-corrected chi connectivity index (χ3v) is 2.58. The zero-order valence-corrected chi connectivity index (χ0v) is 10.0. The number of rotatable bonds is 4. The van der Waals surface area contributed by atoms with Crippen molar-refractivity contribution in [1.82, 2.24) is 19.7 Å². The van der Waals surface area contributed by atoms with Crippen molar-refractivity contribution in [2.45, 2.75) is 32.9 Å². The van der Waals surface area contributed by atoms with Gasteiger partial charge in [0.15, 0.2) is 0 Å². The standard InChI is InChI=1S/C12H16N4O/c1-3-16-8-10(6-15-16)4-12(17)11-7-13-9(2)5-14-11/h5-8,12,17H,3-4H2,1-2H3. The molecule has 0 aliphatic carbocycles. The Morgan fingerprint density at radius 1 is 1.29 bits per heavy atom. The van der Waals surface area contributed by atoms with Crippen molar-refractivity contribution in [3.05, 3.63) is 41.7 Å². The highest BCUT2D eigenvalue weighted by Crippen LogP contribution is 2.15. The van der Waals surface area contributed by atoms with Gasteiger partial charge in [0.2, 0.25) is 0 Å². The van der Waals surface area contributed by atoms with E-state index in [0.29, 0.717) is 12.1 Å². The minimum atomic E-state index is -0.627. The molecule has 0 radical (unpaired) electrons.